The number of halogens is 1. The maximum Gasteiger partial charge on any atom is 0.245 e. The Labute approximate surface area is 122 Å². The highest BCUT2D eigenvalue weighted by Crippen LogP contribution is 2.27. The summed E-state index contributed by atoms with van der Waals surface area (Å²) in [6, 6.07) is 4.16. The van der Waals surface area contributed by atoms with Crippen molar-refractivity contribution >= 4 is 51.0 Å². The van der Waals surface area contributed by atoms with Crippen LogP contribution < -0.4 is 5.32 Å². The maximum absolute atomic E-state index is 11.8. The summed E-state index contributed by atoms with van der Waals surface area (Å²) < 4.78 is 1.01. The van der Waals surface area contributed by atoms with Crippen LogP contribution in [0.2, 0.25) is 0 Å². The standard InChI is InChI=1S/C12H11BrN2OS2/c13-9-5-10(18-6-9)1-2-11(16)15-12(7-14)3-4-17-8-12/h1-2,5-6H,3-4,8H2,(H,15,16)/b2-1+. The normalized spacial score (nSPS) is 23.1. The topological polar surface area (TPSA) is 52.9 Å². The zero-order valence-corrected chi connectivity index (χ0v) is 12.7. The van der Waals surface area contributed by atoms with Crippen LogP contribution in [-0.4, -0.2) is 23.0 Å². The van der Waals surface area contributed by atoms with Gasteiger partial charge in [0, 0.05) is 26.6 Å². The van der Waals surface area contributed by atoms with Crippen molar-refractivity contribution in [1.29, 1.82) is 5.26 Å². The van der Waals surface area contributed by atoms with E-state index in [9.17, 15) is 4.79 Å². The van der Waals surface area contributed by atoms with Crippen LogP contribution in [0.1, 0.15) is 11.3 Å². The largest absolute Gasteiger partial charge is 0.333 e. The zero-order chi connectivity index (χ0) is 13.0. The molecule has 2 heterocycles. The minimum absolute atomic E-state index is 0.205. The Hall–Kier alpha value is -0.770. The average molecular weight is 343 g/mol. The lowest BCUT2D eigenvalue weighted by Crippen LogP contribution is -2.46. The molecule has 6 heteroatoms. The van der Waals surface area contributed by atoms with Gasteiger partial charge in [0.25, 0.3) is 0 Å². The van der Waals surface area contributed by atoms with E-state index in [1.165, 1.54) is 6.08 Å². The van der Waals surface area contributed by atoms with Crippen molar-refractivity contribution < 1.29 is 4.79 Å². The van der Waals surface area contributed by atoms with E-state index in [0.29, 0.717) is 5.75 Å². The summed E-state index contributed by atoms with van der Waals surface area (Å²) in [5.74, 6) is 1.40. The number of nitrogens with one attached hydrogen (secondary N) is 1. The average Bonchev–Trinajstić information content (AvgIpc) is 2.97. The summed E-state index contributed by atoms with van der Waals surface area (Å²) in [6.45, 7) is 0. The first-order chi connectivity index (χ1) is 8.63. The van der Waals surface area contributed by atoms with Gasteiger partial charge in [0.15, 0.2) is 0 Å². The van der Waals surface area contributed by atoms with Crippen LogP contribution in [0.4, 0.5) is 0 Å². The number of amides is 1. The molecule has 1 amide bonds. The highest BCUT2D eigenvalue weighted by molar-refractivity contribution is 9.10. The van der Waals surface area contributed by atoms with Crippen LogP contribution >= 0.6 is 39.0 Å². The van der Waals surface area contributed by atoms with Crippen molar-refractivity contribution in [2.24, 2.45) is 0 Å². The van der Waals surface area contributed by atoms with Gasteiger partial charge in [-0.15, -0.1) is 11.3 Å². The first-order valence-corrected chi connectivity index (χ1v) is 8.20. The van der Waals surface area contributed by atoms with Gasteiger partial charge in [0.1, 0.15) is 5.54 Å². The number of thiophene rings is 1. The predicted octanol–water partition coefficient (Wildman–Crippen LogP) is 3.04. The zero-order valence-electron chi connectivity index (χ0n) is 9.48. The van der Waals surface area contributed by atoms with Crippen molar-refractivity contribution in [3.8, 4) is 6.07 Å². The van der Waals surface area contributed by atoms with Gasteiger partial charge in [-0.1, -0.05) is 0 Å². The monoisotopic (exact) mass is 342 g/mol. The number of hydrogen-bond acceptors (Lipinski definition) is 4. The molecule has 1 atom stereocenters. The van der Waals surface area contributed by atoms with Gasteiger partial charge >= 0.3 is 0 Å². The number of nitrogens with zero attached hydrogens (tertiary/aromatic N) is 1. The molecule has 1 aromatic rings. The molecule has 18 heavy (non-hydrogen) atoms. The maximum atomic E-state index is 11.8. The molecule has 3 nitrogen and oxygen atoms in total. The first-order valence-electron chi connectivity index (χ1n) is 5.37. The molecule has 0 saturated carbocycles. The fourth-order valence-corrected chi connectivity index (χ4v) is 4.23. The van der Waals surface area contributed by atoms with Gasteiger partial charge < -0.3 is 5.32 Å². The molecule has 0 bridgehead atoms. The van der Waals surface area contributed by atoms with Crippen molar-refractivity contribution in [3.63, 3.8) is 0 Å². The molecule has 1 fully saturated rings. The third kappa shape index (κ3) is 3.37. The van der Waals surface area contributed by atoms with Gasteiger partial charge in [-0.25, -0.2) is 0 Å². The number of thioether (sulfide) groups is 1. The highest BCUT2D eigenvalue weighted by Gasteiger charge is 2.35. The lowest BCUT2D eigenvalue weighted by Gasteiger charge is -2.19. The van der Waals surface area contributed by atoms with E-state index in [-0.39, 0.29) is 5.91 Å². The number of carbonyl (C=O) groups is 1. The molecule has 2 rings (SSSR count). The number of rotatable bonds is 3. The second kappa shape index (κ2) is 5.91. The smallest absolute Gasteiger partial charge is 0.245 e. The molecular formula is C12H11BrN2OS2. The minimum Gasteiger partial charge on any atom is -0.333 e. The molecule has 0 aliphatic carbocycles. The Kier molecular flexibility index (Phi) is 4.49. The van der Waals surface area contributed by atoms with Crippen LogP contribution in [0.5, 0.6) is 0 Å². The molecule has 1 saturated heterocycles. The van der Waals surface area contributed by atoms with Gasteiger partial charge in [-0.05, 0) is 40.2 Å². The first kappa shape index (κ1) is 13.7. The Morgan fingerprint density at radius 1 is 1.67 bits per heavy atom. The lowest BCUT2D eigenvalue weighted by molar-refractivity contribution is -0.117. The Morgan fingerprint density at radius 2 is 2.50 bits per heavy atom. The fourth-order valence-electron chi connectivity index (χ4n) is 1.63. The van der Waals surface area contributed by atoms with E-state index in [1.54, 1.807) is 29.2 Å². The summed E-state index contributed by atoms with van der Waals surface area (Å²) in [6.07, 6.45) is 3.97. The molecular weight excluding hydrogens is 332 g/mol. The molecule has 0 spiro atoms. The van der Waals surface area contributed by atoms with Gasteiger partial charge in [-0.2, -0.15) is 17.0 Å². The van der Waals surface area contributed by atoms with Crippen LogP contribution in [0.3, 0.4) is 0 Å². The summed E-state index contributed by atoms with van der Waals surface area (Å²) in [5.41, 5.74) is -0.678. The van der Waals surface area contributed by atoms with Crippen molar-refractivity contribution in [3.05, 3.63) is 26.9 Å². The van der Waals surface area contributed by atoms with Gasteiger partial charge in [-0.3, -0.25) is 4.79 Å². The SMILES string of the molecule is N#CC1(NC(=O)/C=C/c2cc(Br)cs2)CCSC1. The fraction of sp³-hybridized carbons (Fsp3) is 0.333. The van der Waals surface area contributed by atoms with Crippen LogP contribution in [0, 0.1) is 11.3 Å². The Bertz CT molecular complexity index is 512. The van der Waals surface area contributed by atoms with E-state index in [2.05, 4.69) is 27.3 Å². The summed E-state index contributed by atoms with van der Waals surface area (Å²) >= 11 is 6.62. The molecule has 1 N–H and O–H groups in total. The third-order valence-corrected chi connectivity index (χ3v) is 5.43. The van der Waals surface area contributed by atoms with E-state index in [0.717, 1.165) is 21.5 Å². The van der Waals surface area contributed by atoms with E-state index >= 15 is 0 Å². The quantitative estimate of drug-likeness (QED) is 0.859. The minimum atomic E-state index is -0.678. The van der Waals surface area contributed by atoms with Gasteiger partial charge in [0.2, 0.25) is 5.91 Å². The van der Waals surface area contributed by atoms with Crippen LogP contribution in [-0.2, 0) is 4.79 Å². The third-order valence-electron chi connectivity index (χ3n) is 2.58. The van der Waals surface area contributed by atoms with Crippen molar-refractivity contribution in [2.75, 3.05) is 11.5 Å². The second-order valence-electron chi connectivity index (χ2n) is 3.99. The summed E-state index contributed by atoms with van der Waals surface area (Å²) in [7, 11) is 0. The number of hydrogen-bond donors (Lipinski definition) is 1. The van der Waals surface area contributed by atoms with Crippen molar-refractivity contribution in [1.82, 2.24) is 5.32 Å². The molecule has 1 aliphatic rings. The molecule has 1 unspecified atom stereocenters. The summed E-state index contributed by atoms with van der Waals surface area (Å²) in [4.78, 5) is 12.8. The molecule has 0 aromatic carbocycles. The molecule has 94 valence electrons. The van der Waals surface area contributed by atoms with E-state index < -0.39 is 5.54 Å². The van der Waals surface area contributed by atoms with Gasteiger partial charge in [0.05, 0.1) is 6.07 Å². The van der Waals surface area contributed by atoms with E-state index in [1.807, 2.05) is 11.4 Å². The predicted molar refractivity (Wildman–Crippen MR) is 79.5 cm³/mol. The number of nitriles is 1. The van der Waals surface area contributed by atoms with Crippen molar-refractivity contribution in [2.45, 2.75) is 12.0 Å². The molecule has 1 aromatic heterocycles. The highest BCUT2D eigenvalue weighted by atomic mass is 79.9. The Morgan fingerprint density at radius 3 is 3.06 bits per heavy atom. The molecule has 0 radical (unpaired) electrons. The second-order valence-corrected chi connectivity index (χ2v) is 6.95. The van der Waals surface area contributed by atoms with Crippen LogP contribution in [0.15, 0.2) is 22.0 Å². The van der Waals surface area contributed by atoms with Crippen LogP contribution in [0.25, 0.3) is 6.08 Å². The van der Waals surface area contributed by atoms with E-state index in [4.69, 9.17) is 5.26 Å². The number of carbonyl (C=O) groups excluding carboxylic acids is 1. The summed E-state index contributed by atoms with van der Waals surface area (Å²) in [5, 5.41) is 13.9. The Balaban J connectivity index is 1.96. The lowest BCUT2D eigenvalue weighted by atomic mass is 10.0. The molecule has 1 aliphatic heterocycles.